The number of benzene rings is 1. The van der Waals surface area contributed by atoms with Crippen molar-refractivity contribution in [2.45, 2.75) is 19.9 Å². The molecule has 1 aliphatic heterocycles. The molecule has 0 unspecified atom stereocenters. The van der Waals surface area contributed by atoms with Gasteiger partial charge >= 0.3 is 0 Å². The smallest absolute Gasteiger partial charge is 0.274 e. The number of amides is 1. The fourth-order valence-corrected chi connectivity index (χ4v) is 3.25. The van der Waals surface area contributed by atoms with Crippen molar-refractivity contribution in [1.82, 2.24) is 4.98 Å². The highest BCUT2D eigenvalue weighted by atomic mass is 16.3. The van der Waals surface area contributed by atoms with E-state index in [-0.39, 0.29) is 11.6 Å². The zero-order chi connectivity index (χ0) is 18.8. The highest BCUT2D eigenvalue weighted by molar-refractivity contribution is 6.15. The molecule has 0 atom stereocenters. The molecule has 1 aliphatic rings. The van der Waals surface area contributed by atoms with Crippen LogP contribution in [0, 0.1) is 11.3 Å². The molecular weight excluding hydrogens is 340 g/mol. The molecule has 1 amide bonds. The van der Waals surface area contributed by atoms with E-state index in [4.69, 9.17) is 4.42 Å². The number of carbonyl (C=O) groups is 1. The van der Waals surface area contributed by atoms with E-state index < -0.39 is 0 Å². The largest absolute Gasteiger partial charge is 0.472 e. The first-order chi connectivity index (χ1) is 13.2. The summed E-state index contributed by atoms with van der Waals surface area (Å²) in [5.41, 5.74) is 5.90. The van der Waals surface area contributed by atoms with Crippen LogP contribution in [0.2, 0.25) is 0 Å². The van der Waals surface area contributed by atoms with Gasteiger partial charge in [-0.15, -0.1) is 0 Å². The standard InChI is InChI=1S/C21H16N4O2/c1-2-17-13(10-22)5-7-23-20(17)21(26)25-16-4-3-14-11-24-19(18(14)9-16)15-6-8-27-12-15/h3-9,12H,2,11H2,1H3,(H,25,26). The summed E-state index contributed by atoms with van der Waals surface area (Å²) in [6.07, 6.45) is 5.31. The van der Waals surface area contributed by atoms with Crippen LogP contribution in [0.4, 0.5) is 5.69 Å². The zero-order valence-corrected chi connectivity index (χ0v) is 14.7. The Labute approximate surface area is 156 Å². The number of hydrogen-bond donors (Lipinski definition) is 1. The van der Waals surface area contributed by atoms with Gasteiger partial charge in [-0.2, -0.15) is 5.26 Å². The molecular formula is C21H16N4O2. The van der Waals surface area contributed by atoms with E-state index in [0.717, 1.165) is 22.4 Å². The fraction of sp³-hybridized carbons (Fsp3) is 0.143. The molecule has 0 bridgehead atoms. The lowest BCUT2D eigenvalue weighted by Gasteiger charge is -2.11. The number of hydrogen-bond acceptors (Lipinski definition) is 5. The number of nitriles is 1. The van der Waals surface area contributed by atoms with Gasteiger partial charge in [-0.3, -0.25) is 14.8 Å². The van der Waals surface area contributed by atoms with E-state index in [1.807, 2.05) is 31.2 Å². The lowest BCUT2D eigenvalue weighted by molar-refractivity contribution is 0.102. The third-order valence-corrected chi connectivity index (χ3v) is 4.57. The summed E-state index contributed by atoms with van der Waals surface area (Å²) in [6, 6.07) is 11.3. The van der Waals surface area contributed by atoms with E-state index >= 15 is 0 Å². The van der Waals surface area contributed by atoms with E-state index in [9.17, 15) is 10.1 Å². The molecule has 1 N–H and O–H groups in total. The minimum atomic E-state index is -0.330. The predicted molar refractivity (Wildman–Crippen MR) is 101 cm³/mol. The van der Waals surface area contributed by atoms with Crippen LogP contribution in [-0.4, -0.2) is 16.6 Å². The fourth-order valence-electron chi connectivity index (χ4n) is 3.25. The Bertz CT molecular complexity index is 1090. The van der Waals surface area contributed by atoms with Gasteiger partial charge in [-0.25, -0.2) is 0 Å². The summed E-state index contributed by atoms with van der Waals surface area (Å²) in [6.45, 7) is 2.51. The quantitative estimate of drug-likeness (QED) is 0.771. The number of nitrogens with one attached hydrogen (secondary N) is 1. The second kappa shape index (κ2) is 6.89. The first-order valence-electron chi connectivity index (χ1n) is 8.61. The molecule has 0 fully saturated rings. The Kier molecular flexibility index (Phi) is 4.27. The van der Waals surface area contributed by atoms with Crippen molar-refractivity contribution in [2.24, 2.45) is 4.99 Å². The average molecular weight is 356 g/mol. The van der Waals surface area contributed by atoms with Gasteiger partial charge in [-0.1, -0.05) is 13.0 Å². The molecule has 0 spiro atoms. The zero-order valence-electron chi connectivity index (χ0n) is 14.7. The van der Waals surface area contributed by atoms with Crippen LogP contribution in [0.5, 0.6) is 0 Å². The molecule has 0 saturated heterocycles. The lowest BCUT2D eigenvalue weighted by Crippen LogP contribution is -2.17. The second-order valence-corrected chi connectivity index (χ2v) is 6.15. The Morgan fingerprint density at radius 1 is 1.33 bits per heavy atom. The molecule has 0 radical (unpaired) electrons. The molecule has 3 heterocycles. The SMILES string of the molecule is CCc1c(C#N)ccnc1C(=O)Nc1ccc2c(c1)C(c1ccoc1)=NC2. The molecule has 6 heteroatoms. The van der Waals surface area contributed by atoms with Crippen molar-refractivity contribution in [3.05, 3.63) is 82.6 Å². The molecule has 6 nitrogen and oxygen atoms in total. The number of rotatable bonds is 4. The minimum absolute atomic E-state index is 0.278. The maximum atomic E-state index is 12.7. The van der Waals surface area contributed by atoms with E-state index in [1.165, 1.54) is 6.20 Å². The summed E-state index contributed by atoms with van der Waals surface area (Å²) in [5, 5.41) is 12.1. The number of furan rings is 1. The lowest BCUT2D eigenvalue weighted by atomic mass is 10.0. The molecule has 1 aromatic carbocycles. The van der Waals surface area contributed by atoms with Gasteiger partial charge in [0.15, 0.2) is 0 Å². The number of aromatic nitrogens is 1. The number of carbonyl (C=O) groups excluding carboxylic acids is 1. The summed E-state index contributed by atoms with van der Waals surface area (Å²) in [7, 11) is 0. The topological polar surface area (TPSA) is 91.3 Å². The average Bonchev–Trinajstić information content (AvgIpc) is 3.36. The molecule has 2 aromatic heterocycles. The Morgan fingerprint density at radius 3 is 2.96 bits per heavy atom. The van der Waals surface area contributed by atoms with Crippen molar-refractivity contribution in [3.8, 4) is 6.07 Å². The molecule has 27 heavy (non-hydrogen) atoms. The molecule has 4 rings (SSSR count). The summed E-state index contributed by atoms with van der Waals surface area (Å²) in [5.74, 6) is -0.330. The Balaban J connectivity index is 1.64. The summed E-state index contributed by atoms with van der Waals surface area (Å²) < 4.78 is 5.16. The third kappa shape index (κ3) is 3.00. The molecule has 3 aromatic rings. The van der Waals surface area contributed by atoms with Gasteiger partial charge in [-0.05, 0) is 36.2 Å². The van der Waals surface area contributed by atoms with Crippen LogP contribution >= 0.6 is 0 Å². The van der Waals surface area contributed by atoms with Crippen LogP contribution in [0.3, 0.4) is 0 Å². The van der Waals surface area contributed by atoms with Gasteiger partial charge in [0, 0.05) is 28.6 Å². The van der Waals surface area contributed by atoms with Crippen LogP contribution < -0.4 is 5.32 Å². The number of nitrogens with zero attached hydrogens (tertiary/aromatic N) is 3. The van der Waals surface area contributed by atoms with Crippen molar-refractivity contribution in [1.29, 1.82) is 5.26 Å². The number of fused-ring (bicyclic) bond motifs is 1. The van der Waals surface area contributed by atoms with Gasteiger partial charge < -0.3 is 9.73 Å². The van der Waals surface area contributed by atoms with E-state index in [0.29, 0.717) is 29.8 Å². The van der Waals surface area contributed by atoms with Crippen molar-refractivity contribution < 1.29 is 9.21 Å². The van der Waals surface area contributed by atoms with Crippen molar-refractivity contribution in [2.75, 3.05) is 5.32 Å². The van der Waals surface area contributed by atoms with Crippen LogP contribution in [0.1, 0.15) is 45.2 Å². The summed E-state index contributed by atoms with van der Waals surface area (Å²) >= 11 is 0. The predicted octanol–water partition coefficient (Wildman–Crippen LogP) is 3.71. The van der Waals surface area contributed by atoms with Crippen LogP contribution in [0.25, 0.3) is 0 Å². The van der Waals surface area contributed by atoms with Gasteiger partial charge in [0.2, 0.25) is 0 Å². The first kappa shape index (κ1) is 16.7. The van der Waals surface area contributed by atoms with E-state index in [2.05, 4.69) is 21.4 Å². The maximum Gasteiger partial charge on any atom is 0.274 e. The Hall–Kier alpha value is -3.72. The van der Waals surface area contributed by atoms with Crippen LogP contribution in [0.15, 0.2) is 58.5 Å². The van der Waals surface area contributed by atoms with Gasteiger partial charge in [0.1, 0.15) is 5.69 Å². The number of pyridine rings is 1. The first-order valence-corrected chi connectivity index (χ1v) is 8.61. The van der Waals surface area contributed by atoms with Crippen molar-refractivity contribution >= 4 is 17.3 Å². The summed E-state index contributed by atoms with van der Waals surface area (Å²) in [4.78, 5) is 21.5. The normalized spacial score (nSPS) is 12.2. The highest BCUT2D eigenvalue weighted by Gasteiger charge is 2.20. The minimum Gasteiger partial charge on any atom is -0.472 e. The molecule has 0 aliphatic carbocycles. The number of anilines is 1. The molecule has 132 valence electrons. The highest BCUT2D eigenvalue weighted by Crippen LogP contribution is 2.26. The number of aliphatic imine (C=N–C) groups is 1. The van der Waals surface area contributed by atoms with Gasteiger partial charge in [0.05, 0.1) is 36.4 Å². The van der Waals surface area contributed by atoms with E-state index in [1.54, 1.807) is 18.6 Å². The third-order valence-electron chi connectivity index (χ3n) is 4.57. The molecule has 0 saturated carbocycles. The second-order valence-electron chi connectivity index (χ2n) is 6.15. The maximum absolute atomic E-state index is 12.7. The van der Waals surface area contributed by atoms with Crippen molar-refractivity contribution in [3.63, 3.8) is 0 Å². The monoisotopic (exact) mass is 356 g/mol. The Morgan fingerprint density at radius 2 is 2.22 bits per heavy atom. The van der Waals surface area contributed by atoms with Crippen LogP contribution in [-0.2, 0) is 13.0 Å². The van der Waals surface area contributed by atoms with Gasteiger partial charge in [0.25, 0.3) is 5.91 Å².